The molecule has 128 valence electrons. The first-order valence-corrected chi connectivity index (χ1v) is 8.82. The molecule has 1 amide bonds. The smallest absolute Gasteiger partial charge is 0.270 e. The Hall–Kier alpha value is -2.31. The molecule has 1 aliphatic heterocycles. The summed E-state index contributed by atoms with van der Waals surface area (Å²) in [5.74, 6) is 1.21. The third kappa shape index (κ3) is 3.70. The third-order valence-corrected chi connectivity index (χ3v) is 5.06. The van der Waals surface area contributed by atoms with Crippen molar-refractivity contribution in [2.75, 3.05) is 19.1 Å². The molecule has 0 bridgehead atoms. The van der Waals surface area contributed by atoms with E-state index in [9.17, 15) is 4.79 Å². The summed E-state index contributed by atoms with van der Waals surface area (Å²) in [5.41, 5.74) is 2.73. The van der Waals surface area contributed by atoms with Crippen LogP contribution in [-0.2, 0) is 4.79 Å². The first-order valence-electron chi connectivity index (χ1n) is 7.59. The van der Waals surface area contributed by atoms with Gasteiger partial charge in [-0.2, -0.15) is 0 Å². The van der Waals surface area contributed by atoms with E-state index in [1.807, 2.05) is 43.3 Å². The molecule has 0 unspecified atom stereocenters. The number of thiocarbonyl (C=S) groups is 1. The van der Waals surface area contributed by atoms with E-state index in [0.717, 1.165) is 16.8 Å². The van der Waals surface area contributed by atoms with Crippen molar-refractivity contribution in [2.45, 2.75) is 6.92 Å². The van der Waals surface area contributed by atoms with Crippen LogP contribution in [0.4, 0.5) is 5.69 Å². The third-order valence-electron chi connectivity index (χ3n) is 3.76. The van der Waals surface area contributed by atoms with Crippen molar-refractivity contribution in [2.24, 2.45) is 0 Å². The quantitative estimate of drug-likeness (QED) is 0.588. The molecule has 25 heavy (non-hydrogen) atoms. The number of ether oxygens (including phenoxy) is 2. The van der Waals surface area contributed by atoms with E-state index in [1.54, 1.807) is 31.3 Å². The molecule has 3 rings (SSSR count). The van der Waals surface area contributed by atoms with E-state index in [1.165, 1.54) is 11.8 Å². The van der Waals surface area contributed by atoms with Gasteiger partial charge in [0.1, 0.15) is 11.5 Å². The maximum atomic E-state index is 12.8. The van der Waals surface area contributed by atoms with E-state index in [2.05, 4.69) is 0 Å². The minimum atomic E-state index is -0.124. The molecule has 6 heteroatoms. The van der Waals surface area contributed by atoms with Gasteiger partial charge in [0.15, 0.2) is 4.32 Å². The minimum Gasteiger partial charge on any atom is -0.497 e. The largest absolute Gasteiger partial charge is 0.497 e. The zero-order valence-corrected chi connectivity index (χ0v) is 15.7. The van der Waals surface area contributed by atoms with Crippen LogP contribution in [0.15, 0.2) is 47.4 Å². The van der Waals surface area contributed by atoms with Crippen molar-refractivity contribution < 1.29 is 14.3 Å². The SMILES string of the molecule is COc1cc(/C=C2\SC(=S)N(c3ccc(C)cc3)C2=O)cc(OC)c1. The van der Waals surface area contributed by atoms with Crippen LogP contribution in [0.5, 0.6) is 11.5 Å². The number of aryl methyl sites for hydroxylation is 1. The van der Waals surface area contributed by atoms with E-state index >= 15 is 0 Å². The Morgan fingerprint density at radius 3 is 2.20 bits per heavy atom. The molecule has 4 nitrogen and oxygen atoms in total. The lowest BCUT2D eigenvalue weighted by Crippen LogP contribution is -2.27. The van der Waals surface area contributed by atoms with Gasteiger partial charge in [-0.05, 0) is 42.8 Å². The molecule has 2 aromatic carbocycles. The van der Waals surface area contributed by atoms with Crippen LogP contribution in [0.2, 0.25) is 0 Å². The lowest BCUT2D eigenvalue weighted by molar-refractivity contribution is -0.113. The Morgan fingerprint density at radius 1 is 1.04 bits per heavy atom. The van der Waals surface area contributed by atoms with Crippen molar-refractivity contribution in [3.8, 4) is 11.5 Å². The zero-order chi connectivity index (χ0) is 18.0. The van der Waals surface area contributed by atoms with Crippen molar-refractivity contribution in [1.29, 1.82) is 0 Å². The predicted octanol–water partition coefficient (Wildman–Crippen LogP) is 4.42. The maximum Gasteiger partial charge on any atom is 0.270 e. The van der Waals surface area contributed by atoms with Gasteiger partial charge in [-0.1, -0.05) is 41.7 Å². The Kier molecular flexibility index (Phi) is 5.11. The summed E-state index contributed by atoms with van der Waals surface area (Å²) >= 11 is 6.69. The van der Waals surface area contributed by atoms with Gasteiger partial charge in [-0.25, -0.2) is 0 Å². The average molecular weight is 371 g/mol. The molecule has 0 N–H and O–H groups in total. The van der Waals surface area contributed by atoms with Crippen LogP contribution in [0, 0.1) is 6.92 Å². The highest BCUT2D eigenvalue weighted by atomic mass is 32.2. The molecule has 0 radical (unpaired) electrons. The standard InChI is InChI=1S/C19H17NO3S2/c1-12-4-6-14(7-5-12)20-18(21)17(25-19(20)24)10-13-8-15(22-2)11-16(9-13)23-3/h4-11H,1-3H3/b17-10-. The van der Waals surface area contributed by atoms with Crippen LogP contribution in [0.25, 0.3) is 6.08 Å². The molecule has 0 aromatic heterocycles. The second kappa shape index (κ2) is 7.29. The topological polar surface area (TPSA) is 38.8 Å². The van der Waals surface area contributed by atoms with E-state index in [4.69, 9.17) is 21.7 Å². The Labute approximate surface area is 156 Å². The molecule has 0 aliphatic carbocycles. The summed E-state index contributed by atoms with van der Waals surface area (Å²) in [6.45, 7) is 2.00. The van der Waals surface area contributed by atoms with Gasteiger partial charge in [-0.3, -0.25) is 9.69 Å². The first kappa shape index (κ1) is 17.5. The van der Waals surface area contributed by atoms with Crippen molar-refractivity contribution in [1.82, 2.24) is 0 Å². The van der Waals surface area contributed by atoms with Crippen LogP contribution in [-0.4, -0.2) is 24.4 Å². The molecule has 2 aromatic rings. The molecular formula is C19H17NO3S2. The number of carbonyl (C=O) groups is 1. The number of hydrogen-bond acceptors (Lipinski definition) is 5. The van der Waals surface area contributed by atoms with E-state index in [-0.39, 0.29) is 5.91 Å². The predicted molar refractivity (Wildman–Crippen MR) is 106 cm³/mol. The Morgan fingerprint density at radius 2 is 1.64 bits per heavy atom. The van der Waals surface area contributed by atoms with Crippen LogP contribution >= 0.6 is 24.0 Å². The normalized spacial score (nSPS) is 15.8. The van der Waals surface area contributed by atoms with Crippen LogP contribution < -0.4 is 14.4 Å². The molecule has 1 heterocycles. The molecule has 0 saturated carbocycles. The lowest BCUT2D eigenvalue weighted by Gasteiger charge is -2.14. The second-order valence-electron chi connectivity index (χ2n) is 5.50. The van der Waals surface area contributed by atoms with Gasteiger partial charge in [0.2, 0.25) is 0 Å². The number of nitrogens with zero attached hydrogens (tertiary/aromatic N) is 1. The number of rotatable bonds is 4. The van der Waals surface area contributed by atoms with Gasteiger partial charge in [-0.15, -0.1) is 0 Å². The maximum absolute atomic E-state index is 12.8. The highest BCUT2D eigenvalue weighted by molar-refractivity contribution is 8.27. The summed E-state index contributed by atoms with van der Waals surface area (Å²) in [7, 11) is 3.19. The highest BCUT2D eigenvalue weighted by Gasteiger charge is 2.33. The number of methoxy groups -OCH3 is 2. The molecule has 1 aliphatic rings. The lowest BCUT2D eigenvalue weighted by atomic mass is 10.1. The number of anilines is 1. The van der Waals surface area contributed by atoms with Crippen molar-refractivity contribution in [3.05, 3.63) is 58.5 Å². The summed E-state index contributed by atoms with van der Waals surface area (Å²) in [6.07, 6.45) is 1.80. The minimum absolute atomic E-state index is 0.124. The number of amides is 1. The summed E-state index contributed by atoms with van der Waals surface area (Å²) in [4.78, 5) is 14.9. The number of hydrogen-bond donors (Lipinski definition) is 0. The number of thioether (sulfide) groups is 1. The molecule has 1 fully saturated rings. The fourth-order valence-electron chi connectivity index (χ4n) is 2.45. The summed E-state index contributed by atoms with van der Waals surface area (Å²) in [6, 6.07) is 13.2. The zero-order valence-electron chi connectivity index (χ0n) is 14.1. The molecule has 0 atom stereocenters. The van der Waals surface area contributed by atoms with Gasteiger partial charge in [0.25, 0.3) is 5.91 Å². The van der Waals surface area contributed by atoms with Gasteiger partial charge < -0.3 is 9.47 Å². The van der Waals surface area contributed by atoms with E-state index in [0.29, 0.717) is 20.7 Å². The first-order chi connectivity index (χ1) is 12.0. The van der Waals surface area contributed by atoms with Crippen LogP contribution in [0.1, 0.15) is 11.1 Å². The number of carbonyl (C=O) groups excluding carboxylic acids is 1. The van der Waals surface area contributed by atoms with Crippen molar-refractivity contribution in [3.63, 3.8) is 0 Å². The molecular weight excluding hydrogens is 354 g/mol. The monoisotopic (exact) mass is 371 g/mol. The molecule has 1 saturated heterocycles. The average Bonchev–Trinajstić information content (AvgIpc) is 2.89. The Balaban J connectivity index is 1.94. The summed E-state index contributed by atoms with van der Waals surface area (Å²) < 4.78 is 11.1. The number of benzene rings is 2. The van der Waals surface area contributed by atoms with Gasteiger partial charge >= 0.3 is 0 Å². The van der Waals surface area contributed by atoms with Gasteiger partial charge in [0.05, 0.1) is 24.8 Å². The Bertz CT molecular complexity index is 837. The highest BCUT2D eigenvalue weighted by Crippen LogP contribution is 2.36. The fourth-order valence-corrected chi connectivity index (χ4v) is 3.75. The molecule has 0 spiro atoms. The van der Waals surface area contributed by atoms with E-state index < -0.39 is 0 Å². The summed E-state index contributed by atoms with van der Waals surface area (Å²) in [5, 5.41) is 0. The fraction of sp³-hybridized carbons (Fsp3) is 0.158. The van der Waals surface area contributed by atoms with Gasteiger partial charge in [0, 0.05) is 6.07 Å². The van der Waals surface area contributed by atoms with Crippen LogP contribution in [0.3, 0.4) is 0 Å². The second-order valence-corrected chi connectivity index (χ2v) is 7.17. The van der Waals surface area contributed by atoms with Crippen molar-refractivity contribution >= 4 is 46.0 Å².